The van der Waals surface area contributed by atoms with Crippen LogP contribution in [0.5, 0.6) is 5.75 Å². The molecule has 0 bridgehead atoms. The Morgan fingerprint density at radius 2 is 1.76 bits per heavy atom. The third-order valence-electron chi connectivity index (χ3n) is 3.67. The van der Waals surface area contributed by atoms with E-state index in [9.17, 15) is 9.59 Å². The first-order valence-electron chi connectivity index (χ1n) is 7.81. The Kier molecular flexibility index (Phi) is 5.69. The summed E-state index contributed by atoms with van der Waals surface area (Å²) in [6, 6.07) is 7.76. The molecule has 0 aliphatic rings. The van der Waals surface area contributed by atoms with Crippen LogP contribution in [0.15, 0.2) is 30.3 Å². The molecule has 25 heavy (non-hydrogen) atoms. The molecule has 0 heterocycles. The summed E-state index contributed by atoms with van der Waals surface area (Å²) in [6.45, 7) is 7.49. The third-order valence-corrected chi connectivity index (χ3v) is 3.98. The minimum atomic E-state index is -1.09. The first-order chi connectivity index (χ1) is 11.7. The summed E-state index contributed by atoms with van der Waals surface area (Å²) in [5, 5.41) is 12.2. The monoisotopic (exact) mass is 361 g/mol. The summed E-state index contributed by atoms with van der Waals surface area (Å²) in [7, 11) is 0. The lowest BCUT2D eigenvalue weighted by atomic mass is 10.1. The summed E-state index contributed by atoms with van der Waals surface area (Å²) in [5.74, 6) is -1.12. The predicted molar refractivity (Wildman–Crippen MR) is 98.0 cm³/mol. The SMILES string of the molecule is Cc1cc(Cl)c(C(=O)Nc2cc(C(=O)O)ccc2OC(C)C)cc1C. The van der Waals surface area contributed by atoms with Crippen molar-refractivity contribution in [3.63, 3.8) is 0 Å². The Morgan fingerprint density at radius 3 is 2.36 bits per heavy atom. The van der Waals surface area contributed by atoms with Gasteiger partial charge in [-0.3, -0.25) is 4.79 Å². The Labute approximate surface area is 151 Å². The lowest BCUT2D eigenvalue weighted by Gasteiger charge is -2.16. The maximum absolute atomic E-state index is 12.6. The van der Waals surface area contributed by atoms with Gasteiger partial charge in [0, 0.05) is 0 Å². The molecule has 0 saturated heterocycles. The number of carboxylic acids is 1. The number of ether oxygens (including phenoxy) is 1. The maximum Gasteiger partial charge on any atom is 0.335 e. The second-order valence-electron chi connectivity index (χ2n) is 6.05. The van der Waals surface area contributed by atoms with E-state index in [1.54, 1.807) is 12.1 Å². The zero-order valence-electron chi connectivity index (χ0n) is 14.5. The molecule has 2 aromatic carbocycles. The molecule has 132 valence electrons. The minimum absolute atomic E-state index is 0.0533. The molecule has 6 heteroatoms. The highest BCUT2D eigenvalue weighted by Crippen LogP contribution is 2.29. The molecule has 1 amide bonds. The number of benzene rings is 2. The van der Waals surface area contributed by atoms with Crippen LogP contribution in [0.3, 0.4) is 0 Å². The number of hydrogen-bond acceptors (Lipinski definition) is 3. The number of aryl methyl sites for hydroxylation is 2. The summed E-state index contributed by atoms with van der Waals surface area (Å²) in [5.41, 5.74) is 2.58. The Hall–Kier alpha value is -2.53. The fourth-order valence-corrected chi connectivity index (χ4v) is 2.57. The van der Waals surface area contributed by atoms with Crippen molar-refractivity contribution in [2.45, 2.75) is 33.8 Å². The van der Waals surface area contributed by atoms with E-state index in [2.05, 4.69) is 5.32 Å². The number of nitrogens with one attached hydrogen (secondary N) is 1. The number of rotatable bonds is 5. The van der Waals surface area contributed by atoms with Crippen LogP contribution in [0.25, 0.3) is 0 Å². The van der Waals surface area contributed by atoms with Crippen molar-refractivity contribution >= 4 is 29.2 Å². The highest BCUT2D eigenvalue weighted by atomic mass is 35.5. The smallest absolute Gasteiger partial charge is 0.335 e. The van der Waals surface area contributed by atoms with Crippen molar-refractivity contribution in [1.82, 2.24) is 0 Å². The molecule has 0 aromatic heterocycles. The number of carbonyl (C=O) groups is 2. The molecular formula is C19H20ClNO4. The van der Waals surface area contributed by atoms with Gasteiger partial charge < -0.3 is 15.2 Å². The average molecular weight is 362 g/mol. The van der Waals surface area contributed by atoms with E-state index >= 15 is 0 Å². The zero-order valence-corrected chi connectivity index (χ0v) is 15.3. The van der Waals surface area contributed by atoms with Crippen molar-refractivity contribution in [3.8, 4) is 5.75 Å². The number of hydrogen-bond donors (Lipinski definition) is 2. The van der Waals surface area contributed by atoms with Crippen LogP contribution in [0.2, 0.25) is 5.02 Å². The van der Waals surface area contributed by atoms with Crippen LogP contribution in [-0.4, -0.2) is 23.1 Å². The van der Waals surface area contributed by atoms with Crippen LogP contribution in [0.1, 0.15) is 45.7 Å². The number of carboxylic acid groups (broad SMARTS) is 1. The van der Waals surface area contributed by atoms with Crippen LogP contribution in [-0.2, 0) is 0 Å². The van der Waals surface area contributed by atoms with E-state index in [0.717, 1.165) is 11.1 Å². The summed E-state index contributed by atoms with van der Waals surface area (Å²) < 4.78 is 5.65. The number of amides is 1. The molecule has 0 unspecified atom stereocenters. The van der Waals surface area contributed by atoms with E-state index in [-0.39, 0.29) is 17.4 Å². The summed E-state index contributed by atoms with van der Waals surface area (Å²) in [6.07, 6.45) is -0.128. The van der Waals surface area contributed by atoms with Gasteiger partial charge in [0.05, 0.1) is 27.9 Å². The first kappa shape index (κ1) is 18.8. The second kappa shape index (κ2) is 7.57. The summed E-state index contributed by atoms with van der Waals surface area (Å²) >= 11 is 6.18. The molecule has 0 radical (unpaired) electrons. The number of carbonyl (C=O) groups excluding carboxylic acids is 1. The normalized spacial score (nSPS) is 10.6. The lowest BCUT2D eigenvalue weighted by molar-refractivity contribution is 0.0696. The van der Waals surface area contributed by atoms with Crippen molar-refractivity contribution in [2.75, 3.05) is 5.32 Å². The lowest BCUT2D eigenvalue weighted by Crippen LogP contribution is -2.16. The molecular weight excluding hydrogens is 342 g/mol. The van der Waals surface area contributed by atoms with Crippen LogP contribution < -0.4 is 10.1 Å². The van der Waals surface area contributed by atoms with Crippen LogP contribution >= 0.6 is 11.6 Å². The van der Waals surface area contributed by atoms with Crippen molar-refractivity contribution in [1.29, 1.82) is 0 Å². The van der Waals surface area contributed by atoms with E-state index in [1.165, 1.54) is 18.2 Å². The van der Waals surface area contributed by atoms with Gasteiger partial charge in [0.1, 0.15) is 5.75 Å². The number of anilines is 1. The van der Waals surface area contributed by atoms with Gasteiger partial charge in [-0.1, -0.05) is 11.6 Å². The highest BCUT2D eigenvalue weighted by Gasteiger charge is 2.17. The summed E-state index contributed by atoms with van der Waals surface area (Å²) in [4.78, 5) is 23.8. The zero-order chi connectivity index (χ0) is 18.7. The fraction of sp³-hybridized carbons (Fsp3) is 0.263. The van der Waals surface area contributed by atoms with Gasteiger partial charge in [0.25, 0.3) is 5.91 Å². The number of aromatic carboxylic acids is 1. The molecule has 2 rings (SSSR count). The quantitative estimate of drug-likeness (QED) is 0.809. The van der Waals surface area contributed by atoms with Crippen molar-refractivity contribution in [2.24, 2.45) is 0 Å². The van der Waals surface area contributed by atoms with Crippen molar-refractivity contribution in [3.05, 3.63) is 57.6 Å². The molecule has 0 saturated carbocycles. The van der Waals surface area contributed by atoms with Gasteiger partial charge in [-0.15, -0.1) is 0 Å². The van der Waals surface area contributed by atoms with E-state index in [4.69, 9.17) is 21.4 Å². The van der Waals surface area contributed by atoms with Crippen LogP contribution in [0, 0.1) is 13.8 Å². The topological polar surface area (TPSA) is 75.6 Å². The standard InChI is InChI=1S/C19H20ClNO4/c1-10(2)25-17-6-5-13(19(23)24)9-16(17)21-18(22)14-7-11(3)12(4)8-15(14)20/h5-10H,1-4H3,(H,21,22)(H,23,24). The van der Waals surface area contributed by atoms with E-state index < -0.39 is 11.9 Å². The largest absolute Gasteiger partial charge is 0.489 e. The van der Waals surface area contributed by atoms with Crippen molar-refractivity contribution < 1.29 is 19.4 Å². The molecule has 5 nitrogen and oxygen atoms in total. The molecule has 2 N–H and O–H groups in total. The first-order valence-corrected chi connectivity index (χ1v) is 8.19. The van der Waals surface area contributed by atoms with E-state index in [1.807, 2.05) is 27.7 Å². The molecule has 0 aliphatic heterocycles. The Bertz CT molecular complexity index is 830. The van der Waals surface area contributed by atoms with E-state index in [0.29, 0.717) is 16.3 Å². The van der Waals surface area contributed by atoms with Gasteiger partial charge in [0.2, 0.25) is 0 Å². The van der Waals surface area contributed by atoms with Crippen LogP contribution in [0.4, 0.5) is 5.69 Å². The Balaban J connectivity index is 2.40. The highest BCUT2D eigenvalue weighted by molar-refractivity contribution is 6.34. The molecule has 0 fully saturated rings. The third kappa shape index (κ3) is 4.51. The Morgan fingerprint density at radius 1 is 1.12 bits per heavy atom. The molecule has 2 aromatic rings. The molecule has 0 aliphatic carbocycles. The molecule has 0 atom stereocenters. The van der Waals surface area contributed by atoms with Gasteiger partial charge in [-0.25, -0.2) is 4.79 Å². The average Bonchev–Trinajstić information content (AvgIpc) is 2.51. The molecule has 0 spiro atoms. The fourth-order valence-electron chi connectivity index (χ4n) is 2.26. The van der Waals surface area contributed by atoms with Gasteiger partial charge in [-0.05, 0) is 69.2 Å². The minimum Gasteiger partial charge on any atom is -0.489 e. The van der Waals surface area contributed by atoms with Gasteiger partial charge >= 0.3 is 5.97 Å². The predicted octanol–water partition coefficient (Wildman–Crippen LogP) is 4.69. The van der Waals surface area contributed by atoms with Gasteiger partial charge in [0.15, 0.2) is 0 Å². The van der Waals surface area contributed by atoms with Gasteiger partial charge in [-0.2, -0.15) is 0 Å². The second-order valence-corrected chi connectivity index (χ2v) is 6.46. The maximum atomic E-state index is 12.6. The number of halogens is 1.